The van der Waals surface area contributed by atoms with Crippen molar-refractivity contribution in [3.63, 3.8) is 0 Å². The van der Waals surface area contributed by atoms with Gasteiger partial charge in [0.05, 0.1) is 5.69 Å². The van der Waals surface area contributed by atoms with Crippen molar-refractivity contribution in [2.24, 2.45) is 5.92 Å². The highest BCUT2D eigenvalue weighted by atomic mass is 32.1. The zero-order valence-corrected chi connectivity index (χ0v) is 19.7. The number of hydrogen-bond donors (Lipinski definition) is 0. The zero-order valence-electron chi connectivity index (χ0n) is 18.9. The molecule has 0 radical (unpaired) electrons. The van der Waals surface area contributed by atoms with Crippen molar-refractivity contribution in [2.75, 3.05) is 26.2 Å². The Morgan fingerprint density at radius 2 is 1.90 bits per heavy atom. The van der Waals surface area contributed by atoms with Gasteiger partial charge >= 0.3 is 0 Å². The maximum absolute atomic E-state index is 13.3. The Kier molecular flexibility index (Phi) is 6.59. The third kappa shape index (κ3) is 4.78. The summed E-state index contributed by atoms with van der Waals surface area (Å²) in [5.41, 5.74) is 4.45. The van der Waals surface area contributed by atoms with Crippen LogP contribution in [-0.2, 0) is 0 Å². The number of piperidine rings is 1. The Labute approximate surface area is 185 Å². The first kappa shape index (κ1) is 21.5. The summed E-state index contributed by atoms with van der Waals surface area (Å²) < 4.78 is 0. The summed E-state index contributed by atoms with van der Waals surface area (Å²) in [6.45, 7) is 12.7. The molecule has 1 saturated carbocycles. The van der Waals surface area contributed by atoms with E-state index in [1.807, 2.05) is 6.92 Å². The summed E-state index contributed by atoms with van der Waals surface area (Å²) in [5, 5.41) is 0.963. The summed E-state index contributed by atoms with van der Waals surface area (Å²) in [6.07, 6.45) is 6.23. The van der Waals surface area contributed by atoms with Gasteiger partial charge in [-0.2, -0.15) is 0 Å². The van der Waals surface area contributed by atoms with Crippen LogP contribution in [0.25, 0.3) is 10.6 Å². The number of amides is 1. The molecule has 2 aliphatic rings. The van der Waals surface area contributed by atoms with E-state index in [9.17, 15) is 4.79 Å². The molecular weight excluding hydrogens is 390 g/mol. The van der Waals surface area contributed by atoms with Crippen LogP contribution >= 0.6 is 11.3 Å². The second-order valence-electron chi connectivity index (χ2n) is 9.21. The van der Waals surface area contributed by atoms with Crippen molar-refractivity contribution in [1.29, 1.82) is 0 Å². The van der Waals surface area contributed by atoms with Crippen molar-refractivity contribution in [1.82, 2.24) is 14.8 Å². The van der Waals surface area contributed by atoms with E-state index in [1.165, 1.54) is 43.5 Å². The molecule has 2 aromatic rings. The number of benzene rings is 1. The SMILES string of the molecule is CCCN(CC1CC1)C1CCN(C(=O)c2sc(-c3cc(C)ccc3C)nc2C)CC1. The maximum atomic E-state index is 13.3. The summed E-state index contributed by atoms with van der Waals surface area (Å²) in [7, 11) is 0. The first-order valence-corrected chi connectivity index (χ1v) is 12.4. The van der Waals surface area contributed by atoms with Gasteiger partial charge in [0, 0.05) is 31.2 Å². The van der Waals surface area contributed by atoms with Gasteiger partial charge in [0.2, 0.25) is 0 Å². The molecule has 1 amide bonds. The number of nitrogens with zero attached hydrogens (tertiary/aromatic N) is 3. The number of carbonyl (C=O) groups is 1. The average Bonchev–Trinajstić information content (AvgIpc) is 3.48. The molecule has 1 saturated heterocycles. The zero-order chi connectivity index (χ0) is 21.3. The number of aromatic nitrogens is 1. The van der Waals surface area contributed by atoms with E-state index in [0.29, 0.717) is 6.04 Å². The first-order chi connectivity index (χ1) is 14.5. The molecule has 0 spiro atoms. The van der Waals surface area contributed by atoms with E-state index in [-0.39, 0.29) is 5.91 Å². The molecule has 0 bridgehead atoms. The maximum Gasteiger partial charge on any atom is 0.265 e. The molecule has 30 heavy (non-hydrogen) atoms. The van der Waals surface area contributed by atoms with Crippen molar-refractivity contribution in [3.05, 3.63) is 39.9 Å². The molecule has 4 nitrogen and oxygen atoms in total. The lowest BCUT2D eigenvalue weighted by Gasteiger charge is -2.38. The van der Waals surface area contributed by atoms with Crippen LogP contribution in [0, 0.1) is 26.7 Å². The Morgan fingerprint density at radius 1 is 1.17 bits per heavy atom. The molecular formula is C25H35N3OS. The molecule has 1 aliphatic heterocycles. The predicted molar refractivity (Wildman–Crippen MR) is 125 cm³/mol. The van der Waals surface area contributed by atoms with Crippen LogP contribution in [0.3, 0.4) is 0 Å². The topological polar surface area (TPSA) is 36.4 Å². The minimum atomic E-state index is 0.171. The van der Waals surface area contributed by atoms with E-state index < -0.39 is 0 Å². The molecule has 0 N–H and O–H groups in total. The number of thiazole rings is 1. The molecule has 1 aromatic heterocycles. The number of hydrogen-bond acceptors (Lipinski definition) is 4. The monoisotopic (exact) mass is 425 g/mol. The third-order valence-corrected chi connectivity index (χ3v) is 7.76. The molecule has 4 rings (SSSR count). The lowest BCUT2D eigenvalue weighted by atomic mass is 10.0. The Bertz CT molecular complexity index is 894. The second-order valence-corrected chi connectivity index (χ2v) is 10.2. The smallest absolute Gasteiger partial charge is 0.265 e. The van der Waals surface area contributed by atoms with Crippen molar-refractivity contribution >= 4 is 17.2 Å². The summed E-state index contributed by atoms with van der Waals surface area (Å²) in [5.74, 6) is 1.10. The van der Waals surface area contributed by atoms with Crippen LogP contribution in [0.4, 0.5) is 0 Å². The van der Waals surface area contributed by atoms with Crippen LogP contribution in [-0.4, -0.2) is 52.9 Å². The molecule has 5 heteroatoms. The average molecular weight is 426 g/mol. The predicted octanol–water partition coefficient (Wildman–Crippen LogP) is 5.46. The minimum absolute atomic E-state index is 0.171. The van der Waals surface area contributed by atoms with E-state index in [4.69, 9.17) is 4.98 Å². The van der Waals surface area contributed by atoms with Gasteiger partial charge in [0.25, 0.3) is 5.91 Å². The first-order valence-electron chi connectivity index (χ1n) is 11.5. The largest absolute Gasteiger partial charge is 0.338 e. The van der Waals surface area contributed by atoms with Gasteiger partial charge in [-0.1, -0.05) is 24.6 Å². The number of aryl methyl sites for hydroxylation is 3. The van der Waals surface area contributed by atoms with Gasteiger partial charge in [-0.05, 0) is 77.0 Å². The third-order valence-electron chi connectivity index (χ3n) is 6.58. The van der Waals surface area contributed by atoms with E-state index in [0.717, 1.165) is 53.0 Å². The molecule has 2 fully saturated rings. The fourth-order valence-electron chi connectivity index (χ4n) is 4.60. The number of rotatable bonds is 7. The van der Waals surface area contributed by atoms with Crippen molar-refractivity contribution in [3.8, 4) is 10.6 Å². The van der Waals surface area contributed by atoms with Gasteiger partial charge in [-0.3, -0.25) is 9.69 Å². The molecule has 162 valence electrons. The van der Waals surface area contributed by atoms with Gasteiger partial charge in [-0.15, -0.1) is 11.3 Å². The summed E-state index contributed by atoms with van der Waals surface area (Å²) in [6, 6.07) is 7.08. The van der Waals surface area contributed by atoms with Crippen LogP contribution in [0.2, 0.25) is 0 Å². The van der Waals surface area contributed by atoms with E-state index in [1.54, 1.807) is 11.3 Å². The second kappa shape index (κ2) is 9.19. The van der Waals surface area contributed by atoms with Gasteiger partial charge in [0.1, 0.15) is 9.88 Å². The minimum Gasteiger partial charge on any atom is -0.338 e. The van der Waals surface area contributed by atoms with Gasteiger partial charge in [0.15, 0.2) is 0 Å². The van der Waals surface area contributed by atoms with Gasteiger partial charge < -0.3 is 4.90 Å². The van der Waals surface area contributed by atoms with Crippen molar-refractivity contribution < 1.29 is 4.79 Å². The quantitative estimate of drug-likeness (QED) is 0.591. The van der Waals surface area contributed by atoms with Gasteiger partial charge in [-0.25, -0.2) is 4.98 Å². The van der Waals surface area contributed by atoms with Crippen LogP contribution in [0.5, 0.6) is 0 Å². The Morgan fingerprint density at radius 3 is 2.57 bits per heavy atom. The lowest BCUT2D eigenvalue weighted by molar-refractivity contribution is 0.0615. The highest BCUT2D eigenvalue weighted by Gasteiger charge is 2.32. The Balaban J connectivity index is 1.43. The summed E-state index contributed by atoms with van der Waals surface area (Å²) >= 11 is 1.56. The van der Waals surface area contributed by atoms with Crippen LogP contribution in [0.15, 0.2) is 18.2 Å². The number of likely N-dealkylation sites (tertiary alicyclic amines) is 1. The molecule has 1 aliphatic carbocycles. The van der Waals surface area contributed by atoms with Crippen LogP contribution in [0.1, 0.15) is 65.5 Å². The summed E-state index contributed by atoms with van der Waals surface area (Å²) in [4.78, 5) is 23.6. The molecule has 0 atom stereocenters. The van der Waals surface area contributed by atoms with E-state index in [2.05, 4.69) is 48.8 Å². The standard InChI is InChI=1S/C25H35N3OS/c1-5-12-28(16-20-8-9-20)21-10-13-27(14-11-21)25(29)23-19(4)26-24(30-23)22-15-17(2)6-7-18(22)3/h6-7,15,20-21H,5,8-14,16H2,1-4H3. The Hall–Kier alpha value is -1.72. The number of carbonyl (C=O) groups excluding carboxylic acids is 1. The lowest BCUT2D eigenvalue weighted by Crippen LogP contribution is -2.47. The normalized spacial score (nSPS) is 17.7. The molecule has 1 aromatic carbocycles. The molecule has 0 unspecified atom stereocenters. The van der Waals surface area contributed by atoms with Crippen LogP contribution < -0.4 is 0 Å². The fraction of sp³-hybridized carbons (Fsp3) is 0.600. The van der Waals surface area contributed by atoms with Crippen molar-refractivity contribution in [2.45, 2.75) is 65.8 Å². The van der Waals surface area contributed by atoms with E-state index >= 15 is 0 Å². The fourth-order valence-corrected chi connectivity index (χ4v) is 5.71. The highest BCUT2D eigenvalue weighted by molar-refractivity contribution is 7.17. The molecule has 2 heterocycles. The highest BCUT2D eigenvalue weighted by Crippen LogP contribution is 2.33.